The number of rotatable bonds is 14. The number of hydrogen-bond acceptors (Lipinski definition) is 11. The molecule has 0 radical (unpaired) electrons. The molecule has 0 aromatic heterocycles. The van der Waals surface area contributed by atoms with Crippen LogP contribution in [0.4, 0.5) is 0 Å². The average Bonchev–Trinajstić information content (AvgIpc) is 4.13. The Kier molecular flexibility index (Phi) is 28.7. The summed E-state index contributed by atoms with van der Waals surface area (Å²) >= 11 is 0. The third kappa shape index (κ3) is 21.7. The number of carbonyl (C=O) groups excluding carboxylic acids is 6. The molecule has 5 fully saturated rings. The predicted octanol–water partition coefficient (Wildman–Crippen LogP) is 4.83. The van der Waals surface area contributed by atoms with E-state index in [1.807, 2.05) is 30.3 Å². The molecule has 0 spiro atoms. The summed E-state index contributed by atoms with van der Waals surface area (Å²) < 4.78 is 0. The maximum absolute atomic E-state index is 11.6. The van der Waals surface area contributed by atoms with Gasteiger partial charge >= 0.3 is 0 Å². The molecule has 3 aliphatic heterocycles. The van der Waals surface area contributed by atoms with Gasteiger partial charge < -0.3 is 53.3 Å². The van der Waals surface area contributed by atoms with Crippen molar-refractivity contribution in [2.45, 2.75) is 179 Å². The van der Waals surface area contributed by atoms with Gasteiger partial charge in [0.25, 0.3) is 0 Å². The second-order valence-corrected chi connectivity index (χ2v) is 20.2. The third-order valence-corrected chi connectivity index (χ3v) is 14.6. The third-order valence-electron chi connectivity index (χ3n) is 14.6. The van der Waals surface area contributed by atoms with E-state index in [-0.39, 0.29) is 29.9 Å². The van der Waals surface area contributed by atoms with Crippen molar-refractivity contribution in [3.8, 4) is 0 Å². The van der Waals surface area contributed by atoms with Crippen LogP contribution in [0, 0.1) is 11.8 Å². The van der Waals surface area contributed by atoms with Crippen molar-refractivity contribution >= 4 is 36.4 Å². The van der Waals surface area contributed by atoms with Crippen molar-refractivity contribution in [1.29, 1.82) is 0 Å². The van der Waals surface area contributed by atoms with Crippen molar-refractivity contribution < 1.29 is 28.8 Å². The lowest BCUT2D eigenvalue weighted by molar-refractivity contribution is -0.132. The molecule has 2 aromatic rings. The zero-order chi connectivity index (χ0) is 52.8. The smallest absolute Gasteiger partial charge is 0.240 e. The van der Waals surface area contributed by atoms with Crippen LogP contribution in [0.5, 0.6) is 0 Å². The van der Waals surface area contributed by atoms with Crippen LogP contribution < -0.4 is 44.3 Å². The minimum atomic E-state index is -0.399. The molecule has 8 rings (SSSR count). The number of nitrogens with zero attached hydrogens (tertiary/aromatic N) is 3. The largest absolute Gasteiger partial charge is 0.399 e. The van der Waals surface area contributed by atoms with Crippen molar-refractivity contribution in [3.63, 3.8) is 0 Å². The number of benzene rings is 2. The van der Waals surface area contributed by atoms with E-state index in [0.717, 1.165) is 50.1 Å². The van der Waals surface area contributed by atoms with Crippen LogP contribution >= 0.6 is 0 Å². The molecular weight excluding hydrogens is 911 g/mol. The van der Waals surface area contributed by atoms with Gasteiger partial charge in [-0.15, -0.1) is 0 Å². The Labute approximate surface area is 430 Å². The first-order valence-electron chi connectivity index (χ1n) is 26.7. The summed E-state index contributed by atoms with van der Waals surface area (Å²) in [7, 11) is 3.49. The van der Waals surface area contributed by atoms with E-state index in [1.165, 1.54) is 88.4 Å². The number of nitrogens with one attached hydrogen (secondary N) is 4. The molecule has 0 bridgehead atoms. The number of primary amides is 2. The van der Waals surface area contributed by atoms with Gasteiger partial charge in [-0.1, -0.05) is 93.6 Å². The van der Waals surface area contributed by atoms with Crippen LogP contribution in [0.15, 0.2) is 66.5 Å². The minimum absolute atomic E-state index is 0.116. The van der Waals surface area contributed by atoms with E-state index < -0.39 is 5.91 Å². The second-order valence-electron chi connectivity index (χ2n) is 20.2. The zero-order valence-corrected chi connectivity index (χ0v) is 44.2. The lowest BCUT2D eigenvalue weighted by Gasteiger charge is -2.34. The fourth-order valence-corrected chi connectivity index (χ4v) is 9.94. The fourth-order valence-electron chi connectivity index (χ4n) is 9.94. The van der Waals surface area contributed by atoms with Gasteiger partial charge in [-0.05, 0) is 140 Å². The molecule has 72 heavy (non-hydrogen) atoms. The Hall–Kier alpha value is -5.52. The summed E-state index contributed by atoms with van der Waals surface area (Å²) in [5.74, 6) is 7.34. The summed E-state index contributed by atoms with van der Waals surface area (Å²) in [6, 6.07) is 18.8. The lowest BCUT2D eigenvalue weighted by Crippen LogP contribution is -2.42. The van der Waals surface area contributed by atoms with Gasteiger partial charge in [0.15, 0.2) is 0 Å². The Balaban J connectivity index is 0.000000234. The van der Waals surface area contributed by atoms with Crippen molar-refractivity contribution in [2.24, 2.45) is 34.9 Å². The highest BCUT2D eigenvalue weighted by atomic mass is 16.2. The molecule has 3 aliphatic carbocycles. The first-order valence-corrected chi connectivity index (χ1v) is 26.7. The molecule has 17 nitrogen and oxygen atoms in total. The van der Waals surface area contributed by atoms with Crippen molar-refractivity contribution in [1.82, 2.24) is 36.1 Å². The van der Waals surface area contributed by atoms with Crippen LogP contribution in [-0.2, 0) is 41.6 Å². The summed E-state index contributed by atoms with van der Waals surface area (Å²) in [6.45, 7) is 8.28. The number of likely N-dealkylation sites (tertiary alicyclic amines) is 1. The second kappa shape index (κ2) is 34.0. The summed E-state index contributed by atoms with van der Waals surface area (Å²) in [5.41, 5.74) is 20.5. The van der Waals surface area contributed by atoms with Gasteiger partial charge in [0, 0.05) is 43.8 Å². The van der Waals surface area contributed by atoms with Crippen LogP contribution in [0.3, 0.4) is 0 Å². The molecule has 12 N–H and O–H groups in total. The quantitative estimate of drug-likeness (QED) is 0.0722. The standard InChI is InChI=1S/C14H20N4O.C11H22N2O.C10H17NO.C10H12.C6H10N2O2.C4H10N2O/c15-13(9-18(16)12-7-4-8-12)14(17-10-19)11-5-2-1-3-6-11;1-9(13-11(14)8-12-2)10-6-4-3-5-7-10;12-10-7-3-1-2-5-9-6-4-8-11(9)10;1-8-6-9-4-2-3-5-10(9)7-8;7-6(10)5-2-1-3-8(5)4-9;1-3(6-2)4(5)7/h1-3,5-6,9-10,12,14H,4,7-8,15-16H2,(H,17,19);9-10,12H,3-8H2,1-2H3,(H,13,14);9H,1-8H2;2-5,8H,6-7H2,1H3;4-5H,1-3H2,(H2,7,10);3,6H,1-2H3,(H2,5,7)/b13-9-;;;;;. The van der Waals surface area contributed by atoms with Crippen LogP contribution in [0.25, 0.3) is 0 Å². The monoisotopic (exact) mass is 1000 g/mol. The number of carbonyl (C=O) groups is 6. The first-order chi connectivity index (χ1) is 34.6. The molecule has 6 amide bonds. The number of nitrogens with two attached hydrogens (primary N) is 4. The van der Waals surface area contributed by atoms with Gasteiger partial charge in [-0.2, -0.15) is 0 Å². The molecule has 6 aliphatic rings. The van der Waals surface area contributed by atoms with Gasteiger partial charge in [0.2, 0.25) is 36.4 Å². The SMILES string of the molecule is CC1Cc2ccccc2C1.CNC(C)C(N)=O.CNCC(=O)NC(C)C1CCCCC1.N/C(=C\N(N)C1CCC1)C(NC=O)c1ccccc1.NC(=O)C1CCCN1C=O.O=C1CCCCCC2CCCN12. The number of hydrazine groups is 1. The van der Waals surface area contributed by atoms with Crippen molar-refractivity contribution in [2.75, 3.05) is 33.7 Å². The highest BCUT2D eigenvalue weighted by molar-refractivity contribution is 5.82. The highest BCUT2D eigenvalue weighted by Crippen LogP contribution is 2.28. The van der Waals surface area contributed by atoms with E-state index in [2.05, 4.69) is 64.3 Å². The maximum Gasteiger partial charge on any atom is 0.240 e. The minimum Gasteiger partial charge on any atom is -0.399 e. The molecule has 17 heteroatoms. The predicted molar refractivity (Wildman–Crippen MR) is 286 cm³/mol. The Bertz CT molecular complexity index is 1920. The van der Waals surface area contributed by atoms with Gasteiger partial charge in [-0.25, -0.2) is 5.84 Å². The van der Waals surface area contributed by atoms with E-state index in [9.17, 15) is 28.8 Å². The van der Waals surface area contributed by atoms with Crippen LogP contribution in [0.1, 0.15) is 153 Å². The average molecular weight is 1000 g/mol. The summed E-state index contributed by atoms with van der Waals surface area (Å²) in [4.78, 5) is 68.1. The van der Waals surface area contributed by atoms with E-state index in [1.54, 1.807) is 43.4 Å². The number of amides is 6. The van der Waals surface area contributed by atoms with E-state index >= 15 is 0 Å². The molecule has 2 saturated carbocycles. The molecule has 2 aromatic carbocycles. The molecule has 402 valence electrons. The van der Waals surface area contributed by atoms with Crippen LogP contribution in [-0.4, -0.2) is 115 Å². The van der Waals surface area contributed by atoms with Crippen LogP contribution in [0.2, 0.25) is 0 Å². The molecule has 3 saturated heterocycles. The number of fused-ring (bicyclic) bond motifs is 2. The first kappa shape index (κ1) is 60.8. The topological polar surface area (TPSA) is 264 Å². The normalized spacial score (nSPS) is 20.9. The number of hydrogen-bond donors (Lipinski definition) is 8. The van der Waals surface area contributed by atoms with E-state index in [4.69, 9.17) is 23.0 Å². The summed E-state index contributed by atoms with van der Waals surface area (Å²) in [5, 5.41) is 13.0. The maximum atomic E-state index is 11.6. The molecule has 3 heterocycles. The fraction of sp³-hybridized carbons (Fsp3) is 0.636. The highest BCUT2D eigenvalue weighted by Gasteiger charge is 2.29. The van der Waals surface area contributed by atoms with Gasteiger partial charge in [0.1, 0.15) is 6.04 Å². The van der Waals surface area contributed by atoms with Gasteiger partial charge in [-0.3, -0.25) is 28.8 Å². The molecule has 5 atom stereocenters. The van der Waals surface area contributed by atoms with E-state index in [0.29, 0.717) is 68.0 Å². The molecular formula is C55H91N11O6. The zero-order valence-electron chi connectivity index (χ0n) is 44.2. The number of likely N-dealkylation sites (N-methyl/N-ethyl adjacent to an activating group) is 2. The van der Waals surface area contributed by atoms with Gasteiger partial charge in [0.05, 0.1) is 24.3 Å². The Morgan fingerprint density at radius 2 is 1.36 bits per heavy atom. The van der Waals surface area contributed by atoms with Crippen molar-refractivity contribution in [3.05, 3.63) is 83.2 Å². The lowest BCUT2D eigenvalue weighted by atomic mass is 9.84. The summed E-state index contributed by atoms with van der Waals surface area (Å²) in [6.07, 6.45) is 25.5. The Morgan fingerprint density at radius 1 is 0.764 bits per heavy atom. The Morgan fingerprint density at radius 3 is 1.89 bits per heavy atom. The molecule has 5 unspecified atom stereocenters.